The van der Waals surface area contributed by atoms with Crippen LogP contribution in [0.1, 0.15) is 53.9 Å². The highest BCUT2D eigenvalue weighted by Gasteiger charge is 2.43. The van der Waals surface area contributed by atoms with Crippen LogP contribution in [0.3, 0.4) is 0 Å². The molecule has 0 aromatic carbocycles. The van der Waals surface area contributed by atoms with Gasteiger partial charge in [-0.25, -0.2) is 0 Å². The van der Waals surface area contributed by atoms with Crippen LogP contribution in [0.15, 0.2) is 0 Å². The van der Waals surface area contributed by atoms with E-state index in [0.29, 0.717) is 16.4 Å². The second-order valence-corrected chi connectivity index (χ2v) is 6.67. The predicted octanol–water partition coefficient (Wildman–Crippen LogP) is 3.20. The molecule has 0 aromatic heterocycles. The zero-order chi connectivity index (χ0) is 10.3. The molecule has 0 heterocycles. The minimum absolute atomic E-state index is 0.339. The molecule has 0 radical (unpaired) electrons. The topological polar surface area (TPSA) is 12.0 Å². The molecule has 0 aromatic rings. The molecule has 78 valence electrons. The maximum atomic E-state index is 3.49. The number of rotatable bonds is 1. The van der Waals surface area contributed by atoms with Gasteiger partial charge in [-0.3, -0.25) is 0 Å². The maximum Gasteiger partial charge on any atom is 0.0160 e. The van der Waals surface area contributed by atoms with Crippen LogP contribution in [-0.2, 0) is 0 Å². The Kier molecular flexibility index (Phi) is 2.53. The number of hydrogen-bond donors (Lipinski definition) is 1. The summed E-state index contributed by atoms with van der Waals surface area (Å²) in [5.41, 5.74) is 1.31. The summed E-state index contributed by atoms with van der Waals surface area (Å²) < 4.78 is 0. The molecule has 1 rings (SSSR count). The molecule has 0 amide bonds. The Labute approximate surface area is 83.3 Å². The van der Waals surface area contributed by atoms with E-state index >= 15 is 0 Å². The third-order valence-corrected chi connectivity index (χ3v) is 3.30. The van der Waals surface area contributed by atoms with Gasteiger partial charge < -0.3 is 5.32 Å². The van der Waals surface area contributed by atoms with E-state index in [1.807, 2.05) is 0 Å². The van der Waals surface area contributed by atoms with Gasteiger partial charge in [0.25, 0.3) is 0 Å². The first-order valence-corrected chi connectivity index (χ1v) is 5.37. The molecule has 1 heteroatoms. The van der Waals surface area contributed by atoms with E-state index in [4.69, 9.17) is 0 Å². The van der Waals surface area contributed by atoms with Crippen LogP contribution in [0.4, 0.5) is 0 Å². The van der Waals surface area contributed by atoms with Crippen LogP contribution in [0.5, 0.6) is 0 Å². The van der Waals surface area contributed by atoms with Crippen molar-refractivity contribution in [1.82, 2.24) is 5.32 Å². The largest absolute Gasteiger partial charge is 0.314 e. The van der Waals surface area contributed by atoms with Crippen LogP contribution in [-0.4, -0.2) is 12.6 Å². The molecule has 13 heavy (non-hydrogen) atoms. The third-order valence-electron chi connectivity index (χ3n) is 3.30. The Hall–Kier alpha value is -0.0400. The first-order valence-electron chi connectivity index (χ1n) is 5.37. The fraction of sp³-hybridized carbons (Fsp3) is 1.00. The van der Waals surface area contributed by atoms with Gasteiger partial charge in [-0.2, -0.15) is 0 Å². The quantitative estimate of drug-likeness (QED) is 0.658. The molecule has 1 fully saturated rings. The maximum absolute atomic E-state index is 3.49. The van der Waals surface area contributed by atoms with Gasteiger partial charge in [0, 0.05) is 5.54 Å². The third kappa shape index (κ3) is 2.70. The van der Waals surface area contributed by atoms with Gasteiger partial charge in [0.1, 0.15) is 0 Å². The van der Waals surface area contributed by atoms with Crippen molar-refractivity contribution in [2.24, 2.45) is 10.8 Å². The number of hydrogen-bond acceptors (Lipinski definition) is 1. The summed E-state index contributed by atoms with van der Waals surface area (Å²) in [5, 5.41) is 3.49. The van der Waals surface area contributed by atoms with Crippen LogP contribution in [0.25, 0.3) is 0 Å². The van der Waals surface area contributed by atoms with Crippen molar-refractivity contribution in [3.05, 3.63) is 0 Å². The minimum Gasteiger partial charge on any atom is -0.314 e. The van der Waals surface area contributed by atoms with Crippen molar-refractivity contribution < 1.29 is 0 Å². The molecule has 1 aliphatic carbocycles. The summed E-state index contributed by atoms with van der Waals surface area (Å²) in [5.74, 6) is 0. The van der Waals surface area contributed by atoms with Gasteiger partial charge in [-0.1, -0.05) is 27.7 Å². The van der Waals surface area contributed by atoms with E-state index < -0.39 is 0 Å². The van der Waals surface area contributed by atoms with Crippen molar-refractivity contribution in [2.75, 3.05) is 7.05 Å². The van der Waals surface area contributed by atoms with Gasteiger partial charge in [-0.15, -0.1) is 0 Å². The minimum atomic E-state index is 0.339. The molecular weight excluding hydrogens is 158 g/mol. The van der Waals surface area contributed by atoms with E-state index in [-0.39, 0.29) is 0 Å². The van der Waals surface area contributed by atoms with Crippen molar-refractivity contribution in [3.63, 3.8) is 0 Å². The molecule has 1 saturated carbocycles. The monoisotopic (exact) mass is 183 g/mol. The lowest BCUT2D eigenvalue weighted by atomic mass is 9.59. The smallest absolute Gasteiger partial charge is 0.0160 e. The SMILES string of the molecule is CNC1(C)CC(C)(C)CC(C)(C)C1. The molecule has 0 unspecified atom stereocenters. The van der Waals surface area contributed by atoms with Gasteiger partial charge in [0.2, 0.25) is 0 Å². The lowest BCUT2D eigenvalue weighted by molar-refractivity contribution is 0.0417. The highest BCUT2D eigenvalue weighted by atomic mass is 14.9. The summed E-state index contributed by atoms with van der Waals surface area (Å²) in [6.07, 6.45) is 3.93. The average Bonchev–Trinajstić information content (AvgIpc) is 1.79. The predicted molar refractivity (Wildman–Crippen MR) is 58.9 cm³/mol. The molecule has 0 atom stereocenters. The summed E-state index contributed by atoms with van der Waals surface area (Å²) in [6.45, 7) is 11.9. The molecule has 1 nitrogen and oxygen atoms in total. The van der Waals surface area contributed by atoms with Gasteiger partial charge in [0.05, 0.1) is 0 Å². The van der Waals surface area contributed by atoms with Crippen molar-refractivity contribution >= 4 is 0 Å². The summed E-state index contributed by atoms with van der Waals surface area (Å²) in [4.78, 5) is 0. The summed E-state index contributed by atoms with van der Waals surface area (Å²) in [7, 11) is 2.09. The number of nitrogens with one attached hydrogen (secondary N) is 1. The molecule has 0 saturated heterocycles. The Morgan fingerprint density at radius 2 is 1.15 bits per heavy atom. The molecule has 0 aliphatic heterocycles. The second kappa shape index (κ2) is 2.98. The van der Waals surface area contributed by atoms with Gasteiger partial charge in [0.15, 0.2) is 0 Å². The van der Waals surface area contributed by atoms with Gasteiger partial charge >= 0.3 is 0 Å². The Morgan fingerprint density at radius 3 is 1.46 bits per heavy atom. The standard InChI is InChI=1S/C12H25N/c1-10(2)7-11(3,4)9-12(5,8-10)13-6/h13H,7-9H2,1-6H3. The first kappa shape index (κ1) is 11.0. The average molecular weight is 183 g/mol. The van der Waals surface area contributed by atoms with Crippen LogP contribution < -0.4 is 5.32 Å². The van der Waals surface area contributed by atoms with Crippen molar-refractivity contribution in [3.8, 4) is 0 Å². The van der Waals surface area contributed by atoms with E-state index in [1.165, 1.54) is 19.3 Å². The van der Waals surface area contributed by atoms with E-state index in [0.717, 1.165) is 0 Å². The lowest BCUT2D eigenvalue weighted by Crippen LogP contribution is -2.51. The fourth-order valence-corrected chi connectivity index (χ4v) is 3.77. The molecule has 1 aliphatic rings. The Bertz CT molecular complexity index is 175. The molecule has 0 spiro atoms. The zero-order valence-corrected chi connectivity index (χ0v) is 10.1. The lowest BCUT2D eigenvalue weighted by Gasteiger charge is -2.50. The molecule has 1 N–H and O–H groups in total. The Morgan fingerprint density at radius 1 is 0.769 bits per heavy atom. The van der Waals surface area contributed by atoms with Gasteiger partial charge in [-0.05, 0) is 44.1 Å². The van der Waals surface area contributed by atoms with Crippen molar-refractivity contribution in [2.45, 2.75) is 59.4 Å². The highest BCUT2D eigenvalue weighted by molar-refractivity contribution is 4.99. The van der Waals surface area contributed by atoms with Crippen LogP contribution in [0.2, 0.25) is 0 Å². The van der Waals surface area contributed by atoms with Crippen LogP contribution in [0, 0.1) is 10.8 Å². The molecular formula is C12H25N. The summed E-state index contributed by atoms with van der Waals surface area (Å²) in [6, 6.07) is 0. The normalized spacial score (nSPS) is 30.0. The first-order chi connectivity index (χ1) is 5.68. The Balaban J connectivity index is 2.84. The van der Waals surface area contributed by atoms with E-state index in [9.17, 15) is 0 Å². The van der Waals surface area contributed by atoms with E-state index in [2.05, 4.69) is 47.0 Å². The summed E-state index contributed by atoms with van der Waals surface area (Å²) >= 11 is 0. The van der Waals surface area contributed by atoms with Crippen LogP contribution >= 0.6 is 0 Å². The fourth-order valence-electron chi connectivity index (χ4n) is 3.77. The van der Waals surface area contributed by atoms with E-state index in [1.54, 1.807) is 0 Å². The van der Waals surface area contributed by atoms with Crippen molar-refractivity contribution in [1.29, 1.82) is 0 Å². The second-order valence-electron chi connectivity index (χ2n) is 6.67. The highest BCUT2D eigenvalue weighted by Crippen LogP contribution is 2.49. The zero-order valence-electron chi connectivity index (χ0n) is 10.1. The molecule has 0 bridgehead atoms.